The number of hydrogen-bond acceptors (Lipinski definition) is 15. The van der Waals surface area contributed by atoms with Crippen LogP contribution in [0.25, 0.3) is 0 Å². The molecule has 2 aliphatic carbocycles. The topological polar surface area (TPSA) is 211 Å². The molecule has 0 bridgehead atoms. The summed E-state index contributed by atoms with van der Waals surface area (Å²) in [4.78, 5) is 77.6. The van der Waals surface area contributed by atoms with E-state index in [-0.39, 0.29) is 24.5 Å². The maximum Gasteiger partial charge on any atom is 0.312 e. The van der Waals surface area contributed by atoms with E-state index in [1.807, 2.05) is 0 Å². The molecule has 15 nitrogen and oxygen atoms in total. The molecule has 1 saturated carbocycles. The van der Waals surface area contributed by atoms with Crippen molar-refractivity contribution in [2.45, 2.75) is 110 Å². The number of hydrogen-bond donors (Lipinski definition) is 2. The lowest BCUT2D eigenvalue weighted by atomic mass is 9.51. The van der Waals surface area contributed by atoms with Gasteiger partial charge in [-0.2, -0.15) is 0 Å². The monoisotopic (exact) mass is 680 g/mol. The van der Waals surface area contributed by atoms with Gasteiger partial charge < -0.3 is 43.4 Å². The van der Waals surface area contributed by atoms with Crippen LogP contribution in [0, 0.1) is 23.2 Å². The van der Waals surface area contributed by atoms with Crippen LogP contribution in [-0.2, 0) is 61.9 Å². The van der Waals surface area contributed by atoms with Crippen LogP contribution in [0.15, 0.2) is 23.8 Å². The van der Waals surface area contributed by atoms with E-state index in [1.54, 1.807) is 13.8 Å². The zero-order chi connectivity index (χ0) is 35.9. The van der Waals surface area contributed by atoms with Gasteiger partial charge in [0.05, 0.1) is 24.5 Å². The Morgan fingerprint density at radius 2 is 1.46 bits per heavy atom. The molecule has 266 valence electrons. The summed E-state index contributed by atoms with van der Waals surface area (Å²) in [7, 11) is 0. The molecule has 4 rings (SSSR count). The number of carbonyl (C=O) groups is 6. The highest BCUT2D eigenvalue weighted by molar-refractivity contribution is 5.78. The summed E-state index contributed by atoms with van der Waals surface area (Å²) in [5.41, 5.74) is -5.85. The predicted octanol–water partition coefficient (Wildman–Crippen LogP) is 0.857. The van der Waals surface area contributed by atoms with Crippen LogP contribution >= 0.6 is 0 Å². The second-order valence-electron chi connectivity index (χ2n) is 13.5. The van der Waals surface area contributed by atoms with Gasteiger partial charge in [-0.25, -0.2) is 0 Å². The Balaban J connectivity index is 2.15. The van der Waals surface area contributed by atoms with Crippen molar-refractivity contribution >= 4 is 35.8 Å². The van der Waals surface area contributed by atoms with Gasteiger partial charge in [-0.05, 0) is 30.6 Å². The van der Waals surface area contributed by atoms with Crippen LogP contribution < -0.4 is 0 Å². The van der Waals surface area contributed by atoms with Crippen LogP contribution in [0.2, 0.25) is 0 Å². The van der Waals surface area contributed by atoms with Crippen LogP contribution in [0.3, 0.4) is 0 Å². The molecule has 11 atom stereocenters. The first-order valence-corrected chi connectivity index (χ1v) is 15.8. The van der Waals surface area contributed by atoms with Crippen LogP contribution in [0.4, 0.5) is 0 Å². The van der Waals surface area contributed by atoms with E-state index in [9.17, 15) is 39.0 Å². The molecule has 4 aliphatic rings. The van der Waals surface area contributed by atoms with Gasteiger partial charge in [-0.3, -0.25) is 28.8 Å². The summed E-state index contributed by atoms with van der Waals surface area (Å²) in [6, 6.07) is 0. The number of aliphatic hydroxyl groups excluding tert-OH is 1. The maximum atomic E-state index is 13.3. The van der Waals surface area contributed by atoms with Gasteiger partial charge >= 0.3 is 35.8 Å². The average molecular weight is 681 g/mol. The number of aliphatic hydroxyl groups is 2. The molecule has 0 aromatic rings. The first-order valence-electron chi connectivity index (χ1n) is 15.8. The first-order chi connectivity index (χ1) is 22.3. The fourth-order valence-electron chi connectivity index (χ4n) is 7.45. The van der Waals surface area contributed by atoms with Gasteiger partial charge in [0.1, 0.15) is 17.8 Å². The number of rotatable bonds is 8. The van der Waals surface area contributed by atoms with Crippen molar-refractivity contribution in [3.8, 4) is 0 Å². The van der Waals surface area contributed by atoms with Gasteiger partial charge in [-0.1, -0.05) is 26.8 Å². The third-order valence-electron chi connectivity index (χ3n) is 9.53. The summed E-state index contributed by atoms with van der Waals surface area (Å²) >= 11 is 0. The van der Waals surface area contributed by atoms with E-state index in [1.165, 1.54) is 32.1 Å². The molecule has 48 heavy (non-hydrogen) atoms. The second-order valence-corrected chi connectivity index (χ2v) is 13.5. The maximum absolute atomic E-state index is 13.3. The molecular weight excluding hydrogens is 636 g/mol. The molecule has 1 spiro atoms. The molecule has 2 saturated heterocycles. The highest BCUT2D eigenvalue weighted by atomic mass is 16.7. The van der Waals surface area contributed by atoms with Crippen molar-refractivity contribution in [3.05, 3.63) is 23.8 Å². The third kappa shape index (κ3) is 6.59. The number of fused-ring (bicyclic) bond motifs is 3. The van der Waals surface area contributed by atoms with Crippen molar-refractivity contribution in [1.29, 1.82) is 0 Å². The molecular formula is C33H44O15. The van der Waals surface area contributed by atoms with E-state index in [0.717, 1.165) is 27.7 Å². The molecule has 11 unspecified atom stereocenters. The number of epoxide rings is 1. The summed E-state index contributed by atoms with van der Waals surface area (Å²) in [6.45, 7) is 9.98. The summed E-state index contributed by atoms with van der Waals surface area (Å²) in [6.07, 6.45) is -5.45. The van der Waals surface area contributed by atoms with Crippen molar-refractivity contribution in [1.82, 2.24) is 0 Å². The largest absolute Gasteiger partial charge is 0.459 e. The van der Waals surface area contributed by atoms with Crippen LogP contribution in [0.5, 0.6) is 0 Å². The van der Waals surface area contributed by atoms with Crippen LogP contribution in [0.1, 0.15) is 61.8 Å². The van der Waals surface area contributed by atoms with E-state index in [2.05, 4.69) is 0 Å². The standard InChI is InChI=1S/C33H44O15/c1-15(2)11-24(39)48-25-27(44-18(5)36)31(8)22(43-17(4)35)10-9-21(13-34)12-23-33(41,16(3)30(40)47-23)29(46-20(7)38)26(31)32(14-42-32)28(25)45-19(6)37/h9-10,12,15-16,22-23,25-29,34,41H,11,13-14H2,1-8H3. The molecule has 0 amide bonds. The number of carbonyl (C=O) groups excluding carboxylic acids is 6. The summed E-state index contributed by atoms with van der Waals surface area (Å²) in [5, 5.41) is 22.9. The second kappa shape index (κ2) is 13.6. The van der Waals surface area contributed by atoms with E-state index in [0.29, 0.717) is 0 Å². The average Bonchev–Trinajstić information content (AvgIpc) is 3.72. The van der Waals surface area contributed by atoms with Crippen molar-refractivity contribution in [3.63, 3.8) is 0 Å². The molecule has 0 aromatic carbocycles. The Labute approximate surface area is 277 Å². The highest BCUT2D eigenvalue weighted by Gasteiger charge is 2.81. The van der Waals surface area contributed by atoms with Gasteiger partial charge in [0.2, 0.25) is 0 Å². The molecule has 2 N–H and O–H groups in total. The Morgan fingerprint density at radius 3 is 1.96 bits per heavy atom. The molecule has 2 aliphatic heterocycles. The smallest absolute Gasteiger partial charge is 0.312 e. The predicted molar refractivity (Wildman–Crippen MR) is 160 cm³/mol. The Bertz CT molecular complexity index is 1390. The minimum absolute atomic E-state index is 0.0729. The molecule has 15 heteroatoms. The SMILES string of the molecule is CC(=O)OC1C(OC(=O)CC(C)C)C(OC(C)=O)C2(C)C(OC(C)=O)C=CC(CO)=CC3OC(=O)C(C)C3(O)C(OC(C)=O)C2C12CO2. The van der Waals surface area contributed by atoms with Gasteiger partial charge in [0.15, 0.2) is 30.0 Å². The van der Waals surface area contributed by atoms with Crippen molar-refractivity contribution in [2.24, 2.45) is 23.2 Å². The quantitative estimate of drug-likeness (QED) is 0.207. The minimum atomic E-state index is -2.39. The van der Waals surface area contributed by atoms with Crippen molar-refractivity contribution in [2.75, 3.05) is 13.2 Å². The molecule has 3 fully saturated rings. The zero-order valence-corrected chi connectivity index (χ0v) is 28.3. The molecule has 0 aromatic heterocycles. The fraction of sp³-hybridized carbons (Fsp3) is 0.697. The number of ether oxygens (including phenoxy) is 7. The Hall–Kier alpha value is -3.82. The van der Waals surface area contributed by atoms with Crippen molar-refractivity contribution < 1.29 is 72.1 Å². The fourth-order valence-corrected chi connectivity index (χ4v) is 7.45. The molecule has 2 heterocycles. The lowest BCUT2D eigenvalue weighted by molar-refractivity contribution is -0.279. The van der Waals surface area contributed by atoms with Gasteiger partial charge in [0, 0.05) is 40.0 Å². The number of esters is 6. The van der Waals surface area contributed by atoms with Crippen LogP contribution in [-0.4, -0.2) is 107 Å². The summed E-state index contributed by atoms with van der Waals surface area (Å²) in [5.74, 6) is -7.94. The van der Waals surface area contributed by atoms with Gasteiger partial charge in [-0.15, -0.1) is 0 Å². The lowest BCUT2D eigenvalue weighted by Crippen LogP contribution is -2.76. The Kier molecular flexibility index (Phi) is 10.5. The lowest BCUT2D eigenvalue weighted by Gasteiger charge is -2.59. The first kappa shape index (κ1) is 37.0. The van der Waals surface area contributed by atoms with Gasteiger partial charge in [0.25, 0.3) is 0 Å². The Morgan fingerprint density at radius 1 is 0.917 bits per heavy atom. The minimum Gasteiger partial charge on any atom is -0.459 e. The normalized spacial score (nSPS) is 38.5. The third-order valence-corrected chi connectivity index (χ3v) is 9.53. The molecule has 0 radical (unpaired) electrons. The summed E-state index contributed by atoms with van der Waals surface area (Å²) < 4.78 is 41.1. The zero-order valence-electron chi connectivity index (χ0n) is 28.3. The highest BCUT2D eigenvalue weighted by Crippen LogP contribution is 2.63. The van der Waals surface area contributed by atoms with E-state index < -0.39 is 107 Å². The van der Waals surface area contributed by atoms with E-state index >= 15 is 0 Å². The van der Waals surface area contributed by atoms with E-state index in [4.69, 9.17) is 33.2 Å².